The van der Waals surface area contributed by atoms with Crippen molar-refractivity contribution in [2.24, 2.45) is 0 Å². The molecule has 0 saturated carbocycles. The molecule has 11 heteroatoms. The Bertz CT molecular complexity index is 462. The van der Waals surface area contributed by atoms with Crippen LogP contribution < -0.4 is 0 Å². The van der Waals surface area contributed by atoms with E-state index in [-0.39, 0.29) is 12.2 Å². The summed E-state index contributed by atoms with van der Waals surface area (Å²) < 4.78 is 29.2. The van der Waals surface area contributed by atoms with Crippen LogP contribution in [0.3, 0.4) is 0 Å². The Morgan fingerprint density at radius 3 is 2.00 bits per heavy atom. The highest BCUT2D eigenvalue weighted by molar-refractivity contribution is 7.51. The van der Waals surface area contributed by atoms with E-state index in [0.717, 1.165) is 0 Å². The molecule has 0 aliphatic carbocycles. The summed E-state index contributed by atoms with van der Waals surface area (Å²) in [5.74, 6) is -0.620. The van der Waals surface area contributed by atoms with Gasteiger partial charge in [-0.25, -0.2) is 9.36 Å². The van der Waals surface area contributed by atoms with Crippen LogP contribution in [0.2, 0.25) is 0 Å². The molecule has 0 aliphatic heterocycles. The van der Waals surface area contributed by atoms with Crippen molar-refractivity contribution < 1.29 is 42.8 Å². The zero-order valence-corrected chi connectivity index (χ0v) is 14.2. The van der Waals surface area contributed by atoms with Crippen LogP contribution in [0.15, 0.2) is 24.8 Å². The van der Waals surface area contributed by atoms with Gasteiger partial charge in [-0.3, -0.25) is 9.09 Å². The van der Waals surface area contributed by atoms with Gasteiger partial charge < -0.3 is 24.3 Å². The van der Waals surface area contributed by atoms with Crippen LogP contribution in [0.5, 0.6) is 0 Å². The first-order valence-corrected chi connectivity index (χ1v) is 9.37. The standard InChI is InChI=1S/C8H15O5P.C3H7O4P/c1-4-7(5-14(10,11)12)13-8(9)6(2)3;1-2-3-7-8(4,5)6/h7H,2,4-5H2,1,3H3,(H2,10,11,12);2H,1,3H2,(H2,4,5,6). The lowest BCUT2D eigenvalue weighted by Crippen LogP contribution is -2.21. The summed E-state index contributed by atoms with van der Waals surface area (Å²) in [4.78, 5) is 44.3. The predicted molar refractivity (Wildman–Crippen MR) is 80.1 cm³/mol. The highest BCUT2D eigenvalue weighted by Crippen LogP contribution is 2.36. The van der Waals surface area contributed by atoms with Gasteiger partial charge in [-0.1, -0.05) is 19.6 Å². The Kier molecular flexibility index (Phi) is 11.6. The van der Waals surface area contributed by atoms with Crippen LogP contribution in [0.1, 0.15) is 20.3 Å². The van der Waals surface area contributed by atoms with Crippen molar-refractivity contribution in [1.29, 1.82) is 0 Å². The topological polar surface area (TPSA) is 151 Å². The fourth-order valence-electron chi connectivity index (χ4n) is 0.917. The van der Waals surface area contributed by atoms with E-state index in [1.807, 2.05) is 0 Å². The van der Waals surface area contributed by atoms with Gasteiger partial charge in [0.15, 0.2) is 0 Å². The Morgan fingerprint density at radius 2 is 1.77 bits per heavy atom. The normalized spacial score (nSPS) is 12.6. The third kappa shape index (κ3) is 17.3. The summed E-state index contributed by atoms with van der Waals surface area (Å²) in [6.07, 6.45) is 0.436. The van der Waals surface area contributed by atoms with Crippen molar-refractivity contribution in [3.63, 3.8) is 0 Å². The molecule has 0 aliphatic rings. The Balaban J connectivity index is 0. The maximum atomic E-state index is 11.0. The molecular weight excluding hydrogens is 338 g/mol. The summed E-state index contributed by atoms with van der Waals surface area (Å²) in [7, 11) is -8.39. The van der Waals surface area contributed by atoms with E-state index in [1.54, 1.807) is 6.92 Å². The maximum Gasteiger partial charge on any atom is 0.469 e. The van der Waals surface area contributed by atoms with E-state index in [1.165, 1.54) is 13.0 Å². The van der Waals surface area contributed by atoms with Gasteiger partial charge in [-0.15, -0.1) is 6.58 Å². The predicted octanol–water partition coefficient (Wildman–Crippen LogP) is 1.34. The lowest BCUT2D eigenvalue weighted by atomic mass is 10.3. The molecule has 0 aromatic carbocycles. The summed E-state index contributed by atoms with van der Waals surface area (Å²) in [6, 6.07) is 0. The fraction of sp³-hybridized carbons (Fsp3) is 0.545. The number of phosphoric acid groups is 1. The molecule has 9 nitrogen and oxygen atoms in total. The molecule has 22 heavy (non-hydrogen) atoms. The quantitative estimate of drug-likeness (QED) is 0.217. The van der Waals surface area contributed by atoms with Crippen LogP contribution in [-0.2, 0) is 23.2 Å². The number of rotatable bonds is 8. The maximum absolute atomic E-state index is 11.0. The van der Waals surface area contributed by atoms with Gasteiger partial charge in [0.25, 0.3) is 0 Å². The van der Waals surface area contributed by atoms with Gasteiger partial charge in [-0.05, 0) is 13.3 Å². The van der Waals surface area contributed by atoms with E-state index in [9.17, 15) is 13.9 Å². The summed E-state index contributed by atoms with van der Waals surface area (Å²) >= 11 is 0. The number of carbonyl (C=O) groups excluding carboxylic acids is 1. The molecule has 0 spiro atoms. The van der Waals surface area contributed by atoms with E-state index < -0.39 is 33.7 Å². The monoisotopic (exact) mass is 360 g/mol. The van der Waals surface area contributed by atoms with Gasteiger partial charge in [0.1, 0.15) is 6.10 Å². The van der Waals surface area contributed by atoms with Crippen molar-refractivity contribution in [2.45, 2.75) is 26.4 Å². The van der Waals surface area contributed by atoms with Crippen LogP contribution in [0.25, 0.3) is 0 Å². The molecule has 130 valence electrons. The molecular formula is C11H22O9P2. The lowest BCUT2D eigenvalue weighted by Gasteiger charge is -2.16. The molecule has 0 saturated heterocycles. The van der Waals surface area contributed by atoms with E-state index in [4.69, 9.17) is 24.3 Å². The zero-order chi connectivity index (χ0) is 18.0. The van der Waals surface area contributed by atoms with Crippen molar-refractivity contribution in [3.8, 4) is 0 Å². The van der Waals surface area contributed by atoms with Gasteiger partial charge >= 0.3 is 21.4 Å². The average molecular weight is 360 g/mol. The second-order valence-electron chi connectivity index (χ2n) is 4.14. The molecule has 1 atom stereocenters. The highest BCUT2D eigenvalue weighted by atomic mass is 31.2. The molecule has 0 radical (unpaired) electrons. The third-order valence-electron chi connectivity index (χ3n) is 1.88. The molecule has 0 rings (SSSR count). The number of carbonyl (C=O) groups is 1. The first kappa shape index (κ1) is 23.5. The van der Waals surface area contributed by atoms with Gasteiger partial charge in [0.2, 0.25) is 0 Å². The Morgan fingerprint density at radius 1 is 1.27 bits per heavy atom. The number of hydrogen-bond acceptors (Lipinski definition) is 5. The molecule has 0 heterocycles. The van der Waals surface area contributed by atoms with E-state index in [2.05, 4.69) is 17.7 Å². The second kappa shape index (κ2) is 10.9. The van der Waals surface area contributed by atoms with Crippen molar-refractivity contribution >= 4 is 21.4 Å². The summed E-state index contributed by atoms with van der Waals surface area (Å²) in [5.41, 5.74) is 0.217. The van der Waals surface area contributed by atoms with Gasteiger partial charge in [0.05, 0.1) is 12.8 Å². The van der Waals surface area contributed by atoms with Crippen LogP contribution in [-0.4, -0.2) is 44.4 Å². The SMILES string of the molecule is C=C(C)C(=O)OC(CC)CP(=O)(O)O.C=CCOP(=O)(O)O. The molecule has 1 unspecified atom stereocenters. The molecule has 0 aromatic rings. The minimum Gasteiger partial charge on any atom is -0.458 e. The number of ether oxygens (including phenoxy) is 1. The van der Waals surface area contributed by atoms with Gasteiger partial charge in [0, 0.05) is 5.57 Å². The number of phosphoric ester groups is 1. The number of esters is 1. The fourth-order valence-corrected chi connectivity index (χ4v) is 2.08. The van der Waals surface area contributed by atoms with Gasteiger partial charge in [-0.2, -0.15) is 0 Å². The van der Waals surface area contributed by atoms with E-state index >= 15 is 0 Å². The summed E-state index contributed by atoms with van der Waals surface area (Å²) in [6.45, 7) is 9.61. The van der Waals surface area contributed by atoms with E-state index in [0.29, 0.717) is 6.42 Å². The third-order valence-corrected chi connectivity index (χ3v) is 3.25. The van der Waals surface area contributed by atoms with Crippen LogP contribution in [0.4, 0.5) is 0 Å². The van der Waals surface area contributed by atoms with Crippen LogP contribution >= 0.6 is 15.4 Å². The summed E-state index contributed by atoms with van der Waals surface area (Å²) in [5, 5.41) is 0. The second-order valence-corrected chi connectivity index (χ2v) is 7.07. The highest BCUT2D eigenvalue weighted by Gasteiger charge is 2.23. The smallest absolute Gasteiger partial charge is 0.458 e. The number of hydrogen-bond donors (Lipinski definition) is 4. The first-order chi connectivity index (χ1) is 9.82. The molecule has 4 N–H and O–H groups in total. The largest absolute Gasteiger partial charge is 0.469 e. The van der Waals surface area contributed by atoms with Crippen molar-refractivity contribution in [3.05, 3.63) is 24.8 Å². The van der Waals surface area contributed by atoms with Crippen molar-refractivity contribution in [1.82, 2.24) is 0 Å². The Hall–Kier alpha value is -0.790. The minimum absolute atomic E-state index is 0.121. The molecule has 0 fully saturated rings. The average Bonchev–Trinajstić information content (AvgIpc) is 2.33. The Labute approximate surface area is 129 Å². The van der Waals surface area contributed by atoms with Crippen molar-refractivity contribution in [2.75, 3.05) is 12.8 Å². The molecule has 0 amide bonds. The first-order valence-electron chi connectivity index (χ1n) is 6.04. The van der Waals surface area contributed by atoms with Crippen LogP contribution in [0, 0.1) is 0 Å². The lowest BCUT2D eigenvalue weighted by molar-refractivity contribution is -0.143. The minimum atomic E-state index is -4.25. The zero-order valence-electron chi connectivity index (χ0n) is 12.4. The molecule has 0 aromatic heterocycles. The molecule has 0 bridgehead atoms.